The zero-order chi connectivity index (χ0) is 14.9. The number of aromatic nitrogens is 4. The van der Waals surface area contributed by atoms with Gasteiger partial charge in [-0.2, -0.15) is 0 Å². The van der Waals surface area contributed by atoms with Crippen molar-refractivity contribution in [3.8, 4) is 11.7 Å². The van der Waals surface area contributed by atoms with Gasteiger partial charge in [0.15, 0.2) is 5.76 Å². The summed E-state index contributed by atoms with van der Waals surface area (Å²) in [5, 5.41) is 8.48. The van der Waals surface area contributed by atoms with Crippen LogP contribution in [0.3, 0.4) is 0 Å². The molecule has 4 heterocycles. The average Bonchev–Trinajstić information content (AvgIpc) is 3.24. The number of aryl methyl sites for hydroxylation is 1. The van der Waals surface area contributed by atoms with Gasteiger partial charge < -0.3 is 13.2 Å². The molecule has 110 valence electrons. The largest absolute Gasteiger partial charge is 0.459 e. The highest BCUT2D eigenvalue weighted by atomic mass is 32.2. The van der Waals surface area contributed by atoms with Crippen molar-refractivity contribution in [1.29, 1.82) is 0 Å². The standard InChI is InChI=1S/C15H12N4O2S/c1-10-4-5-13-16-11(8-19(13)7-10)9-22-15-18-17-14(21-15)12-3-2-6-20-12/h2-8H,9H2,1H3. The van der Waals surface area contributed by atoms with Crippen molar-refractivity contribution < 1.29 is 8.83 Å². The number of pyridine rings is 1. The van der Waals surface area contributed by atoms with Gasteiger partial charge in [0, 0.05) is 18.1 Å². The molecule has 0 unspecified atom stereocenters. The molecule has 22 heavy (non-hydrogen) atoms. The molecule has 7 heteroatoms. The van der Waals surface area contributed by atoms with Gasteiger partial charge in [-0.25, -0.2) is 4.98 Å². The van der Waals surface area contributed by atoms with Gasteiger partial charge >= 0.3 is 0 Å². The quantitative estimate of drug-likeness (QED) is 0.536. The molecule has 0 aliphatic rings. The Labute approximate surface area is 130 Å². The molecule has 0 aromatic carbocycles. The lowest BCUT2D eigenvalue weighted by Crippen LogP contribution is -1.82. The van der Waals surface area contributed by atoms with Crippen molar-refractivity contribution in [1.82, 2.24) is 19.6 Å². The molecule has 0 amide bonds. The third-order valence-electron chi connectivity index (χ3n) is 3.13. The van der Waals surface area contributed by atoms with Crippen LogP contribution in [0.2, 0.25) is 0 Å². The maximum absolute atomic E-state index is 5.56. The van der Waals surface area contributed by atoms with Crippen LogP contribution in [0.25, 0.3) is 17.3 Å². The number of imidazole rings is 1. The zero-order valence-electron chi connectivity index (χ0n) is 11.8. The van der Waals surface area contributed by atoms with E-state index in [2.05, 4.69) is 28.3 Å². The minimum absolute atomic E-state index is 0.387. The summed E-state index contributed by atoms with van der Waals surface area (Å²) in [6.07, 6.45) is 5.64. The first-order valence-corrected chi connectivity index (χ1v) is 7.71. The van der Waals surface area contributed by atoms with Gasteiger partial charge in [0.2, 0.25) is 0 Å². The van der Waals surface area contributed by atoms with Crippen molar-refractivity contribution in [2.75, 3.05) is 0 Å². The molecule has 0 N–H and O–H groups in total. The molecular formula is C15H12N4O2S. The Morgan fingerprint density at radius 3 is 3.00 bits per heavy atom. The van der Waals surface area contributed by atoms with Crippen LogP contribution in [0.5, 0.6) is 0 Å². The van der Waals surface area contributed by atoms with E-state index in [-0.39, 0.29) is 0 Å². The van der Waals surface area contributed by atoms with Gasteiger partial charge in [-0.05, 0) is 30.7 Å². The molecule has 4 rings (SSSR count). The molecule has 0 fully saturated rings. The third kappa shape index (κ3) is 2.50. The first-order chi connectivity index (χ1) is 10.8. The number of hydrogen-bond donors (Lipinski definition) is 0. The Kier molecular flexibility index (Phi) is 3.19. The molecule has 0 aliphatic carbocycles. The number of hydrogen-bond acceptors (Lipinski definition) is 6. The van der Waals surface area contributed by atoms with E-state index in [9.17, 15) is 0 Å². The van der Waals surface area contributed by atoms with Gasteiger partial charge in [0.05, 0.1) is 12.0 Å². The molecule has 6 nitrogen and oxygen atoms in total. The van der Waals surface area contributed by atoms with E-state index in [1.165, 1.54) is 17.3 Å². The number of nitrogens with zero attached hydrogens (tertiary/aromatic N) is 4. The Hall–Kier alpha value is -2.54. The molecule has 0 atom stereocenters. The molecule has 0 spiro atoms. The first kappa shape index (κ1) is 13.1. The van der Waals surface area contributed by atoms with E-state index in [0.29, 0.717) is 22.6 Å². The second-order valence-corrected chi connectivity index (χ2v) is 5.77. The Morgan fingerprint density at radius 2 is 2.14 bits per heavy atom. The second-order valence-electron chi connectivity index (χ2n) is 4.84. The van der Waals surface area contributed by atoms with Crippen LogP contribution in [-0.4, -0.2) is 19.6 Å². The van der Waals surface area contributed by atoms with Crippen molar-refractivity contribution in [2.24, 2.45) is 0 Å². The average molecular weight is 312 g/mol. The number of rotatable bonds is 4. The summed E-state index contributed by atoms with van der Waals surface area (Å²) in [4.78, 5) is 4.56. The predicted octanol–water partition coefficient (Wildman–Crippen LogP) is 3.58. The number of fused-ring (bicyclic) bond motifs is 1. The summed E-state index contributed by atoms with van der Waals surface area (Å²) in [5.41, 5.74) is 3.10. The fourth-order valence-corrected chi connectivity index (χ4v) is 2.78. The third-order valence-corrected chi connectivity index (χ3v) is 3.98. The maximum Gasteiger partial charge on any atom is 0.284 e. The fourth-order valence-electron chi connectivity index (χ4n) is 2.13. The van der Waals surface area contributed by atoms with E-state index >= 15 is 0 Å². The highest BCUT2D eigenvalue weighted by molar-refractivity contribution is 7.98. The molecular weight excluding hydrogens is 300 g/mol. The Bertz CT molecular complexity index is 911. The van der Waals surface area contributed by atoms with Crippen LogP contribution in [-0.2, 0) is 5.75 Å². The molecule has 0 radical (unpaired) electrons. The monoisotopic (exact) mass is 312 g/mol. The van der Waals surface area contributed by atoms with E-state index in [4.69, 9.17) is 8.83 Å². The highest BCUT2D eigenvalue weighted by Crippen LogP contribution is 2.25. The Balaban J connectivity index is 1.49. The van der Waals surface area contributed by atoms with E-state index in [1.807, 2.05) is 22.7 Å². The summed E-state index contributed by atoms with van der Waals surface area (Å²) in [7, 11) is 0. The van der Waals surface area contributed by atoms with Crippen molar-refractivity contribution in [3.05, 3.63) is 54.2 Å². The summed E-state index contributed by atoms with van der Waals surface area (Å²) < 4.78 is 12.8. The van der Waals surface area contributed by atoms with Crippen molar-refractivity contribution in [2.45, 2.75) is 17.9 Å². The predicted molar refractivity (Wildman–Crippen MR) is 81.5 cm³/mol. The second kappa shape index (κ2) is 5.34. The summed E-state index contributed by atoms with van der Waals surface area (Å²) in [5.74, 6) is 1.63. The topological polar surface area (TPSA) is 69.4 Å². The smallest absolute Gasteiger partial charge is 0.284 e. The minimum atomic E-state index is 0.387. The fraction of sp³-hybridized carbons (Fsp3) is 0.133. The van der Waals surface area contributed by atoms with Crippen LogP contribution in [0.4, 0.5) is 0 Å². The van der Waals surface area contributed by atoms with Crippen LogP contribution in [0, 0.1) is 6.92 Å². The van der Waals surface area contributed by atoms with E-state index in [1.54, 1.807) is 18.4 Å². The van der Waals surface area contributed by atoms with Gasteiger partial charge in [-0.15, -0.1) is 10.2 Å². The molecule has 4 aromatic rings. The van der Waals surface area contributed by atoms with Gasteiger partial charge in [0.1, 0.15) is 5.65 Å². The minimum Gasteiger partial charge on any atom is -0.459 e. The van der Waals surface area contributed by atoms with Crippen LogP contribution in [0.15, 0.2) is 57.0 Å². The van der Waals surface area contributed by atoms with Gasteiger partial charge in [0.25, 0.3) is 11.1 Å². The molecule has 0 saturated heterocycles. The molecule has 0 aliphatic heterocycles. The van der Waals surface area contributed by atoms with Crippen molar-refractivity contribution >= 4 is 17.4 Å². The number of thioether (sulfide) groups is 1. The summed E-state index contributed by atoms with van der Waals surface area (Å²) >= 11 is 1.45. The van der Waals surface area contributed by atoms with Gasteiger partial charge in [-0.1, -0.05) is 17.8 Å². The first-order valence-electron chi connectivity index (χ1n) is 6.72. The van der Waals surface area contributed by atoms with Gasteiger partial charge in [-0.3, -0.25) is 0 Å². The van der Waals surface area contributed by atoms with Crippen molar-refractivity contribution in [3.63, 3.8) is 0 Å². The lowest BCUT2D eigenvalue weighted by atomic mass is 10.3. The SMILES string of the molecule is Cc1ccc2nc(CSc3nnc(-c4ccco4)o3)cn2c1. The summed E-state index contributed by atoms with van der Waals surface area (Å²) in [6.45, 7) is 2.06. The lowest BCUT2D eigenvalue weighted by Gasteiger charge is -1.93. The van der Waals surface area contributed by atoms with E-state index < -0.39 is 0 Å². The van der Waals surface area contributed by atoms with E-state index in [0.717, 1.165) is 11.3 Å². The highest BCUT2D eigenvalue weighted by Gasteiger charge is 2.12. The number of furan rings is 1. The molecule has 4 aromatic heterocycles. The Morgan fingerprint density at radius 1 is 1.18 bits per heavy atom. The molecule has 0 bridgehead atoms. The lowest BCUT2D eigenvalue weighted by molar-refractivity contribution is 0.447. The van der Waals surface area contributed by atoms with Crippen LogP contribution in [0.1, 0.15) is 11.3 Å². The van der Waals surface area contributed by atoms with Crippen LogP contribution < -0.4 is 0 Å². The van der Waals surface area contributed by atoms with Crippen LogP contribution >= 0.6 is 11.8 Å². The maximum atomic E-state index is 5.56. The molecule has 0 saturated carbocycles. The normalized spacial score (nSPS) is 11.3. The zero-order valence-corrected chi connectivity index (χ0v) is 12.6. The summed E-state index contributed by atoms with van der Waals surface area (Å²) in [6, 6.07) is 7.62.